The molecule has 1 aromatic heterocycles. The van der Waals surface area contributed by atoms with Crippen molar-refractivity contribution in [2.75, 3.05) is 13.1 Å². The second kappa shape index (κ2) is 11.1. The lowest BCUT2D eigenvalue weighted by molar-refractivity contribution is 0.0393. The van der Waals surface area contributed by atoms with E-state index in [1.807, 2.05) is 62.0 Å². The van der Waals surface area contributed by atoms with Crippen LogP contribution in [0, 0.1) is 0 Å². The molecule has 9 heteroatoms. The summed E-state index contributed by atoms with van der Waals surface area (Å²) in [4.78, 5) is 27.1. The Bertz CT molecular complexity index is 981. The minimum Gasteiger partial charge on any atom is -0.445 e. The minimum absolute atomic E-state index is 0.134. The van der Waals surface area contributed by atoms with Crippen molar-refractivity contribution in [2.24, 2.45) is 0 Å². The highest BCUT2D eigenvalue weighted by atomic mass is 16.6. The van der Waals surface area contributed by atoms with Crippen LogP contribution in [0.25, 0.3) is 0 Å². The van der Waals surface area contributed by atoms with E-state index >= 15 is 0 Å². The molecule has 2 fully saturated rings. The van der Waals surface area contributed by atoms with E-state index in [0.717, 1.165) is 24.1 Å². The number of piperidine rings is 1. The molecule has 2 aromatic rings. The summed E-state index contributed by atoms with van der Waals surface area (Å²) in [5, 5.41) is 11.9. The molecule has 0 spiro atoms. The first-order valence-electron chi connectivity index (χ1n) is 12.7. The van der Waals surface area contributed by atoms with Gasteiger partial charge in [-0.05, 0) is 45.6 Å². The van der Waals surface area contributed by atoms with Crippen LogP contribution in [0.1, 0.15) is 82.5 Å². The number of carbonyl (C=O) groups is 2. The van der Waals surface area contributed by atoms with Crippen molar-refractivity contribution in [1.29, 1.82) is 0 Å². The number of nitrogens with zero attached hydrogens (tertiary/aromatic N) is 4. The van der Waals surface area contributed by atoms with Crippen LogP contribution in [0.15, 0.2) is 36.5 Å². The van der Waals surface area contributed by atoms with E-state index in [4.69, 9.17) is 9.47 Å². The molecule has 35 heavy (non-hydrogen) atoms. The molecule has 0 bridgehead atoms. The molecule has 1 saturated heterocycles. The zero-order chi connectivity index (χ0) is 24.8. The largest absolute Gasteiger partial charge is 0.445 e. The van der Waals surface area contributed by atoms with Crippen molar-refractivity contribution in [3.63, 3.8) is 0 Å². The van der Waals surface area contributed by atoms with Gasteiger partial charge in [-0.2, -0.15) is 0 Å². The van der Waals surface area contributed by atoms with Gasteiger partial charge in [0.1, 0.15) is 12.2 Å². The quantitative estimate of drug-likeness (QED) is 0.656. The highest BCUT2D eigenvalue weighted by Crippen LogP contribution is 2.32. The molecule has 190 valence electrons. The molecule has 4 rings (SSSR count). The van der Waals surface area contributed by atoms with Crippen LogP contribution in [0.4, 0.5) is 9.59 Å². The third-order valence-electron chi connectivity index (χ3n) is 6.63. The summed E-state index contributed by atoms with van der Waals surface area (Å²) in [5.74, 6) is 0.447. The number of amides is 2. The van der Waals surface area contributed by atoms with Crippen molar-refractivity contribution < 1.29 is 19.1 Å². The van der Waals surface area contributed by atoms with E-state index in [0.29, 0.717) is 25.4 Å². The van der Waals surface area contributed by atoms with Crippen molar-refractivity contribution in [3.8, 4) is 0 Å². The molecular formula is C26H37N5O4. The number of carbonyl (C=O) groups excluding carboxylic acids is 2. The Labute approximate surface area is 207 Å². The zero-order valence-corrected chi connectivity index (χ0v) is 21.0. The monoisotopic (exact) mass is 483 g/mol. The van der Waals surface area contributed by atoms with Crippen molar-refractivity contribution in [1.82, 2.24) is 25.2 Å². The van der Waals surface area contributed by atoms with E-state index in [1.54, 1.807) is 4.90 Å². The van der Waals surface area contributed by atoms with Gasteiger partial charge in [0.15, 0.2) is 0 Å². The Morgan fingerprint density at radius 3 is 2.54 bits per heavy atom. The number of benzene rings is 1. The first kappa shape index (κ1) is 25.0. The van der Waals surface area contributed by atoms with Gasteiger partial charge in [0.05, 0.1) is 17.8 Å². The lowest BCUT2D eigenvalue weighted by Gasteiger charge is -2.38. The molecule has 1 aromatic carbocycles. The third kappa shape index (κ3) is 6.96. The second-order valence-corrected chi connectivity index (χ2v) is 10.6. The number of nitrogens with one attached hydrogen (secondary N) is 1. The van der Waals surface area contributed by atoms with Crippen LogP contribution in [-0.4, -0.2) is 56.8 Å². The van der Waals surface area contributed by atoms with Gasteiger partial charge in [-0.25, -0.2) is 14.3 Å². The average Bonchev–Trinajstić information content (AvgIpc) is 3.32. The number of likely N-dealkylation sites (tertiary alicyclic amines) is 1. The SMILES string of the molecule is CC(C)(C)OC(=O)N[C@H]1CN(C(=O)OCc2ccccc2)CC[C@@H]1n1cc(C2CCCCC2)nn1. The van der Waals surface area contributed by atoms with Gasteiger partial charge in [0.25, 0.3) is 0 Å². The number of alkyl carbamates (subject to hydrolysis) is 1. The molecule has 2 atom stereocenters. The molecule has 2 aliphatic rings. The molecule has 0 radical (unpaired) electrons. The number of hydrogen-bond donors (Lipinski definition) is 1. The van der Waals surface area contributed by atoms with Crippen LogP contribution in [0.2, 0.25) is 0 Å². The summed E-state index contributed by atoms with van der Waals surface area (Å²) >= 11 is 0. The van der Waals surface area contributed by atoms with Gasteiger partial charge in [-0.3, -0.25) is 0 Å². The van der Waals surface area contributed by atoms with Crippen molar-refractivity contribution in [2.45, 2.75) is 89.5 Å². The van der Waals surface area contributed by atoms with E-state index in [1.165, 1.54) is 19.3 Å². The summed E-state index contributed by atoms with van der Waals surface area (Å²) in [5.41, 5.74) is 1.33. The molecule has 2 heterocycles. The van der Waals surface area contributed by atoms with Crippen molar-refractivity contribution >= 4 is 12.2 Å². The molecule has 0 unspecified atom stereocenters. The predicted octanol–water partition coefficient (Wildman–Crippen LogP) is 4.80. The minimum atomic E-state index is -0.621. The Balaban J connectivity index is 1.44. The molecule has 1 aliphatic carbocycles. The first-order valence-corrected chi connectivity index (χ1v) is 12.7. The Hall–Kier alpha value is -3.10. The van der Waals surface area contributed by atoms with Crippen LogP contribution in [-0.2, 0) is 16.1 Å². The number of rotatable bonds is 5. The van der Waals surface area contributed by atoms with E-state index in [-0.39, 0.29) is 18.7 Å². The van der Waals surface area contributed by atoms with Crippen LogP contribution in [0.3, 0.4) is 0 Å². The summed E-state index contributed by atoms with van der Waals surface area (Å²) in [6, 6.07) is 9.06. The van der Waals surface area contributed by atoms with Gasteiger partial charge < -0.3 is 19.7 Å². The molecule has 1 aliphatic heterocycles. The highest BCUT2D eigenvalue weighted by molar-refractivity contribution is 5.70. The Morgan fingerprint density at radius 2 is 1.83 bits per heavy atom. The summed E-state index contributed by atoms with van der Waals surface area (Å²) < 4.78 is 12.9. The normalized spacial score (nSPS) is 21.4. The van der Waals surface area contributed by atoms with Gasteiger partial charge in [-0.15, -0.1) is 5.10 Å². The lowest BCUT2D eigenvalue weighted by Crippen LogP contribution is -2.55. The number of hydrogen-bond acceptors (Lipinski definition) is 6. The zero-order valence-electron chi connectivity index (χ0n) is 21.0. The van der Waals surface area contributed by atoms with E-state index in [9.17, 15) is 9.59 Å². The van der Waals surface area contributed by atoms with Crippen LogP contribution < -0.4 is 5.32 Å². The maximum atomic E-state index is 12.8. The summed E-state index contributed by atoms with van der Waals surface area (Å²) in [6.45, 7) is 6.49. The number of aromatic nitrogens is 3. The predicted molar refractivity (Wildman–Crippen MR) is 131 cm³/mol. The fourth-order valence-corrected chi connectivity index (χ4v) is 4.87. The lowest BCUT2D eigenvalue weighted by atomic mass is 9.87. The topological polar surface area (TPSA) is 98.6 Å². The third-order valence-corrected chi connectivity index (χ3v) is 6.63. The second-order valence-electron chi connectivity index (χ2n) is 10.6. The molecule has 9 nitrogen and oxygen atoms in total. The smallest absolute Gasteiger partial charge is 0.410 e. The van der Waals surface area contributed by atoms with Gasteiger partial charge in [0, 0.05) is 25.2 Å². The average molecular weight is 484 g/mol. The van der Waals surface area contributed by atoms with Gasteiger partial charge in [-0.1, -0.05) is 54.8 Å². The summed E-state index contributed by atoms with van der Waals surface area (Å²) in [7, 11) is 0. The van der Waals surface area contributed by atoms with Gasteiger partial charge in [0.2, 0.25) is 0 Å². The van der Waals surface area contributed by atoms with Gasteiger partial charge >= 0.3 is 12.2 Å². The number of ether oxygens (including phenoxy) is 2. The summed E-state index contributed by atoms with van der Waals surface area (Å²) in [6.07, 6.45) is 7.75. The highest BCUT2D eigenvalue weighted by Gasteiger charge is 2.36. The molecule has 1 saturated carbocycles. The standard InChI is InChI=1S/C26H37N5O4/c1-26(2,3)35-24(32)27-22-16-30(25(33)34-18-19-10-6-4-7-11-19)15-14-23(22)31-17-21(28-29-31)20-12-8-5-9-13-20/h4,6-7,10-11,17,20,22-23H,5,8-9,12-16,18H2,1-3H3,(H,27,32)/t22-,23-/m0/s1. The van der Waals surface area contributed by atoms with Crippen LogP contribution in [0.5, 0.6) is 0 Å². The molecular weight excluding hydrogens is 446 g/mol. The fraction of sp³-hybridized carbons (Fsp3) is 0.615. The van der Waals surface area contributed by atoms with E-state index in [2.05, 4.69) is 15.6 Å². The van der Waals surface area contributed by atoms with Crippen molar-refractivity contribution in [3.05, 3.63) is 47.8 Å². The van der Waals surface area contributed by atoms with Crippen LogP contribution >= 0.6 is 0 Å². The Kier molecular flexibility index (Phi) is 7.93. The van der Waals surface area contributed by atoms with E-state index < -0.39 is 17.8 Å². The fourth-order valence-electron chi connectivity index (χ4n) is 4.87. The molecule has 2 amide bonds. The molecule has 1 N–H and O–H groups in total. The maximum Gasteiger partial charge on any atom is 0.410 e. The first-order chi connectivity index (χ1) is 16.8. The maximum absolute atomic E-state index is 12.8. The Morgan fingerprint density at radius 1 is 1.09 bits per heavy atom.